The molecule has 0 atom stereocenters. The van der Waals surface area contributed by atoms with Gasteiger partial charge in [0.05, 0.1) is 7.11 Å². The number of esters is 1. The van der Waals surface area contributed by atoms with E-state index in [1.807, 2.05) is 18.2 Å². The van der Waals surface area contributed by atoms with Crippen LogP contribution < -0.4 is 0 Å². The van der Waals surface area contributed by atoms with E-state index < -0.39 is 0 Å². The molecule has 0 aliphatic heterocycles. The zero-order chi connectivity index (χ0) is 13.5. The van der Waals surface area contributed by atoms with Crippen LogP contribution in [0.2, 0.25) is 0 Å². The number of carbonyl (C=O) groups is 1. The Morgan fingerprint density at radius 2 is 1.89 bits per heavy atom. The summed E-state index contributed by atoms with van der Waals surface area (Å²) in [5, 5.41) is 0. The minimum absolute atomic E-state index is 0.186. The van der Waals surface area contributed by atoms with Gasteiger partial charge in [0, 0.05) is 12.0 Å². The van der Waals surface area contributed by atoms with Gasteiger partial charge in [0.2, 0.25) is 0 Å². The molecule has 1 saturated carbocycles. The van der Waals surface area contributed by atoms with E-state index >= 15 is 0 Å². The SMILES string of the molecule is COC(=O)/C(=C/C1CCCCC1)Cc1ccccc1. The highest BCUT2D eigenvalue weighted by molar-refractivity contribution is 5.88. The molecule has 0 bridgehead atoms. The van der Waals surface area contributed by atoms with E-state index in [9.17, 15) is 4.79 Å². The first-order valence-corrected chi connectivity index (χ1v) is 7.12. The van der Waals surface area contributed by atoms with Crippen LogP contribution in [0.5, 0.6) is 0 Å². The number of hydrogen-bond acceptors (Lipinski definition) is 2. The molecule has 102 valence electrons. The second-order valence-corrected chi connectivity index (χ2v) is 5.24. The van der Waals surface area contributed by atoms with Gasteiger partial charge in [-0.2, -0.15) is 0 Å². The molecule has 19 heavy (non-hydrogen) atoms. The normalized spacial score (nSPS) is 17.2. The lowest BCUT2D eigenvalue weighted by atomic mass is 9.87. The highest BCUT2D eigenvalue weighted by Gasteiger charge is 2.16. The lowest BCUT2D eigenvalue weighted by molar-refractivity contribution is -0.136. The number of methoxy groups -OCH3 is 1. The quantitative estimate of drug-likeness (QED) is 0.604. The summed E-state index contributed by atoms with van der Waals surface area (Å²) in [6.45, 7) is 0. The van der Waals surface area contributed by atoms with E-state index in [0.29, 0.717) is 12.3 Å². The molecular weight excluding hydrogens is 236 g/mol. The summed E-state index contributed by atoms with van der Waals surface area (Å²) in [6, 6.07) is 10.1. The summed E-state index contributed by atoms with van der Waals surface area (Å²) in [5.41, 5.74) is 1.97. The minimum Gasteiger partial charge on any atom is -0.466 e. The first-order valence-electron chi connectivity index (χ1n) is 7.12. The van der Waals surface area contributed by atoms with Crippen molar-refractivity contribution in [3.63, 3.8) is 0 Å². The average Bonchev–Trinajstić information content (AvgIpc) is 2.48. The second-order valence-electron chi connectivity index (χ2n) is 5.24. The van der Waals surface area contributed by atoms with Crippen LogP contribution in [0.4, 0.5) is 0 Å². The molecule has 2 rings (SSSR count). The predicted octanol–water partition coefficient (Wildman–Crippen LogP) is 3.91. The highest BCUT2D eigenvalue weighted by Crippen LogP contribution is 2.26. The maximum Gasteiger partial charge on any atom is 0.333 e. The van der Waals surface area contributed by atoms with Gasteiger partial charge < -0.3 is 4.74 Å². The van der Waals surface area contributed by atoms with Crippen molar-refractivity contribution in [3.05, 3.63) is 47.5 Å². The largest absolute Gasteiger partial charge is 0.466 e. The molecular formula is C17H22O2. The standard InChI is InChI=1S/C17H22O2/c1-19-17(18)16(12-14-8-4-2-5-9-14)13-15-10-6-3-7-11-15/h2,4-5,8-9,13,15H,3,6-7,10-12H2,1H3/b16-13+. The fraction of sp³-hybridized carbons (Fsp3) is 0.471. The van der Waals surface area contributed by atoms with E-state index in [-0.39, 0.29) is 5.97 Å². The Balaban J connectivity index is 2.11. The molecule has 0 aromatic heterocycles. The molecule has 0 unspecified atom stereocenters. The Hall–Kier alpha value is -1.57. The van der Waals surface area contributed by atoms with Crippen molar-refractivity contribution < 1.29 is 9.53 Å². The Bertz CT molecular complexity index is 428. The number of benzene rings is 1. The van der Waals surface area contributed by atoms with Crippen molar-refractivity contribution >= 4 is 5.97 Å². The van der Waals surface area contributed by atoms with Gasteiger partial charge in [0.1, 0.15) is 0 Å². The van der Waals surface area contributed by atoms with Crippen LogP contribution in [-0.4, -0.2) is 13.1 Å². The van der Waals surface area contributed by atoms with Gasteiger partial charge >= 0.3 is 5.97 Å². The molecule has 0 amide bonds. The molecule has 1 aromatic rings. The van der Waals surface area contributed by atoms with Gasteiger partial charge in [-0.15, -0.1) is 0 Å². The van der Waals surface area contributed by atoms with Gasteiger partial charge in [-0.25, -0.2) is 4.79 Å². The highest BCUT2D eigenvalue weighted by atomic mass is 16.5. The topological polar surface area (TPSA) is 26.3 Å². The fourth-order valence-corrected chi connectivity index (χ4v) is 2.73. The number of ether oxygens (including phenoxy) is 1. The Kier molecular flexibility index (Phi) is 5.20. The first kappa shape index (κ1) is 13.9. The van der Waals surface area contributed by atoms with E-state index in [4.69, 9.17) is 4.74 Å². The van der Waals surface area contributed by atoms with Crippen LogP contribution in [0.3, 0.4) is 0 Å². The van der Waals surface area contributed by atoms with Crippen molar-refractivity contribution in [1.29, 1.82) is 0 Å². The van der Waals surface area contributed by atoms with Gasteiger partial charge in [0.15, 0.2) is 0 Å². The maximum absolute atomic E-state index is 11.9. The number of rotatable bonds is 4. The summed E-state index contributed by atoms with van der Waals surface area (Å²) in [6.07, 6.45) is 9.12. The van der Waals surface area contributed by atoms with E-state index in [1.165, 1.54) is 39.2 Å². The van der Waals surface area contributed by atoms with Gasteiger partial charge in [0.25, 0.3) is 0 Å². The lowest BCUT2D eigenvalue weighted by Gasteiger charge is -2.19. The number of hydrogen-bond donors (Lipinski definition) is 0. The zero-order valence-electron chi connectivity index (χ0n) is 11.6. The second kappa shape index (κ2) is 7.13. The van der Waals surface area contributed by atoms with Crippen molar-refractivity contribution in [1.82, 2.24) is 0 Å². The molecule has 1 aliphatic carbocycles. The first-order chi connectivity index (χ1) is 9.29. The summed E-state index contributed by atoms with van der Waals surface area (Å²) in [4.78, 5) is 11.9. The molecule has 2 nitrogen and oxygen atoms in total. The summed E-state index contributed by atoms with van der Waals surface area (Å²) < 4.78 is 4.92. The van der Waals surface area contributed by atoms with Gasteiger partial charge in [-0.05, 0) is 24.3 Å². The minimum atomic E-state index is -0.186. The molecule has 0 saturated heterocycles. The monoisotopic (exact) mass is 258 g/mol. The van der Waals surface area contributed by atoms with Gasteiger partial charge in [-0.1, -0.05) is 55.7 Å². The van der Waals surface area contributed by atoms with Crippen molar-refractivity contribution in [2.45, 2.75) is 38.5 Å². The fourth-order valence-electron chi connectivity index (χ4n) is 2.73. The molecule has 0 radical (unpaired) electrons. The molecule has 1 aromatic carbocycles. The summed E-state index contributed by atoms with van der Waals surface area (Å²) >= 11 is 0. The van der Waals surface area contributed by atoms with E-state index in [2.05, 4.69) is 18.2 Å². The van der Waals surface area contributed by atoms with E-state index in [0.717, 1.165) is 11.1 Å². The number of carbonyl (C=O) groups excluding carboxylic acids is 1. The third kappa shape index (κ3) is 4.23. The van der Waals surface area contributed by atoms with Crippen LogP contribution in [0, 0.1) is 5.92 Å². The lowest BCUT2D eigenvalue weighted by Crippen LogP contribution is -2.11. The predicted molar refractivity (Wildman–Crippen MR) is 76.8 cm³/mol. The molecule has 0 N–H and O–H groups in total. The Morgan fingerprint density at radius 3 is 2.53 bits per heavy atom. The van der Waals surface area contributed by atoms with Crippen LogP contribution in [0.1, 0.15) is 37.7 Å². The van der Waals surface area contributed by atoms with Crippen LogP contribution in [-0.2, 0) is 16.0 Å². The zero-order valence-corrected chi connectivity index (χ0v) is 11.6. The van der Waals surface area contributed by atoms with Crippen LogP contribution in [0.25, 0.3) is 0 Å². The Morgan fingerprint density at radius 1 is 1.21 bits per heavy atom. The third-order valence-corrected chi connectivity index (χ3v) is 3.77. The molecule has 0 spiro atoms. The smallest absolute Gasteiger partial charge is 0.333 e. The maximum atomic E-state index is 11.9. The van der Waals surface area contributed by atoms with Crippen LogP contribution in [0.15, 0.2) is 42.0 Å². The van der Waals surface area contributed by atoms with Crippen molar-refractivity contribution in [2.75, 3.05) is 7.11 Å². The van der Waals surface area contributed by atoms with Crippen LogP contribution >= 0.6 is 0 Å². The number of allylic oxidation sites excluding steroid dienone is 1. The molecule has 1 fully saturated rings. The summed E-state index contributed by atoms with van der Waals surface area (Å²) in [5.74, 6) is 0.362. The summed E-state index contributed by atoms with van der Waals surface area (Å²) in [7, 11) is 1.46. The average molecular weight is 258 g/mol. The van der Waals surface area contributed by atoms with Crippen molar-refractivity contribution in [2.24, 2.45) is 5.92 Å². The molecule has 2 heteroatoms. The van der Waals surface area contributed by atoms with Gasteiger partial charge in [-0.3, -0.25) is 0 Å². The third-order valence-electron chi connectivity index (χ3n) is 3.77. The Labute approximate surface area is 115 Å². The van der Waals surface area contributed by atoms with Crippen molar-refractivity contribution in [3.8, 4) is 0 Å². The molecule has 0 heterocycles. The molecule has 1 aliphatic rings. The van der Waals surface area contributed by atoms with E-state index in [1.54, 1.807) is 0 Å².